The Morgan fingerprint density at radius 1 is 0.914 bits per heavy atom. The molecule has 0 unspecified atom stereocenters. The average Bonchev–Trinajstić information content (AvgIpc) is 3.34. The van der Waals surface area contributed by atoms with E-state index in [1.807, 2.05) is 66.5 Å². The Kier molecular flexibility index (Phi) is 6.34. The van der Waals surface area contributed by atoms with Gasteiger partial charge in [-0.05, 0) is 61.5 Å². The van der Waals surface area contributed by atoms with Crippen LogP contribution < -0.4 is 23.7 Å². The first-order valence-electron chi connectivity index (χ1n) is 11.4. The van der Waals surface area contributed by atoms with E-state index >= 15 is 0 Å². The minimum atomic E-state index is -0.448. The van der Waals surface area contributed by atoms with Crippen LogP contribution in [0.5, 0.6) is 28.7 Å². The maximum absolute atomic E-state index is 6.47. The molecule has 7 nitrogen and oxygen atoms in total. The second-order valence-electron chi connectivity index (χ2n) is 8.21. The van der Waals surface area contributed by atoms with E-state index in [1.165, 1.54) is 0 Å². The van der Waals surface area contributed by atoms with Crippen molar-refractivity contribution in [2.24, 2.45) is 5.10 Å². The maximum atomic E-state index is 6.47. The van der Waals surface area contributed by atoms with Gasteiger partial charge in [-0.3, -0.25) is 0 Å². The standard InChI is InChI=1S/C27H27ClN2O5/c1-5-34-24-10-7-17(13-26(24)33-4)27-30-21(19-14-18(28)8-11-22(19)35-27)15-20(29-30)16-6-9-23(31-2)25(12-16)32-3/h6-14,21,27H,5,15H2,1-4H3/t21-,27+/m0/s1. The van der Waals surface area contributed by atoms with Gasteiger partial charge in [0, 0.05) is 28.1 Å². The van der Waals surface area contributed by atoms with Crippen molar-refractivity contribution in [1.82, 2.24) is 5.01 Å². The maximum Gasteiger partial charge on any atom is 0.214 e. The lowest BCUT2D eigenvalue weighted by molar-refractivity contribution is -0.0191. The third-order valence-electron chi connectivity index (χ3n) is 6.24. The van der Waals surface area contributed by atoms with Crippen molar-refractivity contribution in [1.29, 1.82) is 0 Å². The average molecular weight is 495 g/mol. The predicted molar refractivity (Wildman–Crippen MR) is 134 cm³/mol. The Morgan fingerprint density at radius 3 is 2.40 bits per heavy atom. The highest BCUT2D eigenvalue weighted by Crippen LogP contribution is 2.49. The Hall–Kier alpha value is -3.58. The molecule has 0 amide bonds. The van der Waals surface area contributed by atoms with E-state index in [-0.39, 0.29) is 6.04 Å². The lowest BCUT2D eigenvalue weighted by Gasteiger charge is -2.38. The van der Waals surface area contributed by atoms with Gasteiger partial charge >= 0.3 is 0 Å². The van der Waals surface area contributed by atoms with Crippen molar-refractivity contribution < 1.29 is 23.7 Å². The molecule has 2 aliphatic rings. The van der Waals surface area contributed by atoms with E-state index in [4.69, 9.17) is 40.4 Å². The normalized spacial score (nSPS) is 18.2. The van der Waals surface area contributed by atoms with Gasteiger partial charge in [-0.2, -0.15) is 5.10 Å². The number of benzene rings is 3. The minimum absolute atomic E-state index is 0.0388. The molecular weight excluding hydrogens is 468 g/mol. The molecule has 0 spiro atoms. The summed E-state index contributed by atoms with van der Waals surface area (Å²) in [5.41, 5.74) is 3.80. The first-order valence-corrected chi connectivity index (χ1v) is 11.8. The molecule has 0 fully saturated rings. The number of methoxy groups -OCH3 is 3. The van der Waals surface area contributed by atoms with Crippen molar-refractivity contribution in [3.63, 3.8) is 0 Å². The first kappa shape index (κ1) is 23.2. The fourth-order valence-corrected chi connectivity index (χ4v) is 4.76. The van der Waals surface area contributed by atoms with Gasteiger partial charge in [0.15, 0.2) is 23.0 Å². The number of ether oxygens (including phenoxy) is 5. The van der Waals surface area contributed by atoms with Crippen LogP contribution in [0.25, 0.3) is 0 Å². The van der Waals surface area contributed by atoms with Crippen LogP contribution in [0.4, 0.5) is 0 Å². The van der Waals surface area contributed by atoms with Crippen LogP contribution in [0, 0.1) is 0 Å². The second-order valence-corrected chi connectivity index (χ2v) is 8.65. The Balaban J connectivity index is 1.58. The largest absolute Gasteiger partial charge is 0.493 e. The quantitative estimate of drug-likeness (QED) is 0.401. The molecule has 2 atom stereocenters. The molecular formula is C27H27ClN2O5. The summed E-state index contributed by atoms with van der Waals surface area (Å²) in [7, 11) is 4.88. The van der Waals surface area contributed by atoms with E-state index in [9.17, 15) is 0 Å². The summed E-state index contributed by atoms with van der Waals surface area (Å²) in [4.78, 5) is 0. The van der Waals surface area contributed by atoms with Crippen LogP contribution in [0.1, 0.15) is 42.3 Å². The third kappa shape index (κ3) is 4.21. The highest BCUT2D eigenvalue weighted by Gasteiger charge is 2.41. The minimum Gasteiger partial charge on any atom is -0.493 e. The lowest BCUT2D eigenvalue weighted by atomic mass is 9.95. The molecule has 0 saturated carbocycles. The molecule has 2 heterocycles. The molecule has 3 aromatic carbocycles. The molecule has 0 bridgehead atoms. The lowest BCUT2D eigenvalue weighted by Crippen LogP contribution is -2.33. The van der Waals surface area contributed by atoms with Gasteiger partial charge in [0.25, 0.3) is 0 Å². The van der Waals surface area contributed by atoms with Gasteiger partial charge in [-0.25, -0.2) is 5.01 Å². The van der Waals surface area contributed by atoms with Crippen molar-refractivity contribution in [2.75, 3.05) is 27.9 Å². The number of hydrogen-bond donors (Lipinski definition) is 0. The summed E-state index contributed by atoms with van der Waals surface area (Å²) >= 11 is 6.36. The summed E-state index contributed by atoms with van der Waals surface area (Å²) in [5, 5.41) is 7.69. The van der Waals surface area contributed by atoms with Gasteiger partial charge in [0.1, 0.15) is 5.75 Å². The van der Waals surface area contributed by atoms with Gasteiger partial charge in [-0.1, -0.05) is 11.6 Å². The highest BCUT2D eigenvalue weighted by atomic mass is 35.5. The molecule has 8 heteroatoms. The van der Waals surface area contributed by atoms with E-state index in [1.54, 1.807) is 21.3 Å². The molecule has 0 saturated heterocycles. The zero-order valence-electron chi connectivity index (χ0n) is 20.1. The zero-order chi connectivity index (χ0) is 24.5. The molecule has 0 N–H and O–H groups in total. The Labute approximate surface area is 209 Å². The molecule has 35 heavy (non-hydrogen) atoms. The number of hydrogen-bond acceptors (Lipinski definition) is 7. The monoisotopic (exact) mass is 494 g/mol. The van der Waals surface area contributed by atoms with E-state index < -0.39 is 6.23 Å². The van der Waals surface area contributed by atoms with Crippen molar-refractivity contribution >= 4 is 17.3 Å². The van der Waals surface area contributed by atoms with Crippen LogP contribution >= 0.6 is 11.6 Å². The number of hydrazone groups is 1. The van der Waals surface area contributed by atoms with E-state index in [0.717, 1.165) is 28.2 Å². The first-order chi connectivity index (χ1) is 17.1. The van der Waals surface area contributed by atoms with Crippen LogP contribution in [-0.2, 0) is 0 Å². The highest BCUT2D eigenvalue weighted by molar-refractivity contribution is 6.30. The van der Waals surface area contributed by atoms with Crippen LogP contribution in [-0.4, -0.2) is 38.7 Å². The number of halogens is 1. The van der Waals surface area contributed by atoms with Crippen LogP contribution in [0.3, 0.4) is 0 Å². The molecule has 3 aromatic rings. The summed E-state index contributed by atoms with van der Waals surface area (Å²) in [6.45, 7) is 2.50. The summed E-state index contributed by atoms with van der Waals surface area (Å²) in [6.07, 6.45) is 0.243. The van der Waals surface area contributed by atoms with Crippen molar-refractivity contribution in [2.45, 2.75) is 25.6 Å². The summed E-state index contributed by atoms with van der Waals surface area (Å²) in [6, 6.07) is 17.3. The van der Waals surface area contributed by atoms with Gasteiger partial charge in [-0.15, -0.1) is 0 Å². The number of rotatable bonds is 7. The third-order valence-corrected chi connectivity index (χ3v) is 6.48. The number of fused-ring (bicyclic) bond motifs is 3. The Morgan fingerprint density at radius 2 is 1.66 bits per heavy atom. The van der Waals surface area contributed by atoms with Crippen LogP contribution in [0.2, 0.25) is 5.02 Å². The second kappa shape index (κ2) is 9.58. The molecule has 182 valence electrons. The molecule has 0 radical (unpaired) electrons. The molecule has 2 aliphatic heterocycles. The van der Waals surface area contributed by atoms with Gasteiger partial charge in [0.2, 0.25) is 6.23 Å². The van der Waals surface area contributed by atoms with Crippen LogP contribution in [0.15, 0.2) is 59.7 Å². The summed E-state index contributed by atoms with van der Waals surface area (Å²) < 4.78 is 28.7. The van der Waals surface area contributed by atoms with E-state index in [2.05, 4.69) is 0 Å². The zero-order valence-corrected chi connectivity index (χ0v) is 20.8. The number of nitrogens with zero attached hydrogens (tertiary/aromatic N) is 2. The summed E-state index contributed by atoms with van der Waals surface area (Å²) in [5.74, 6) is 3.46. The predicted octanol–water partition coefficient (Wildman–Crippen LogP) is 6.01. The molecule has 5 rings (SSSR count). The van der Waals surface area contributed by atoms with Gasteiger partial charge < -0.3 is 23.7 Å². The van der Waals surface area contributed by atoms with Gasteiger partial charge in [0.05, 0.1) is 39.7 Å². The fraction of sp³-hybridized carbons (Fsp3) is 0.296. The van der Waals surface area contributed by atoms with E-state index in [0.29, 0.717) is 41.0 Å². The smallest absolute Gasteiger partial charge is 0.214 e. The van der Waals surface area contributed by atoms with Crippen molar-refractivity contribution in [3.05, 3.63) is 76.3 Å². The fourth-order valence-electron chi connectivity index (χ4n) is 4.58. The molecule has 0 aliphatic carbocycles. The van der Waals surface area contributed by atoms with Crippen molar-refractivity contribution in [3.8, 4) is 28.7 Å². The Bertz CT molecular complexity index is 1280. The SMILES string of the molecule is CCOc1ccc([C@H]2Oc3ccc(Cl)cc3[C@@H]3CC(c4ccc(OC)c(OC)c4)=NN23)cc1OC. The molecule has 0 aromatic heterocycles. The topological polar surface area (TPSA) is 61.8 Å².